The summed E-state index contributed by atoms with van der Waals surface area (Å²) in [6.45, 7) is 8.01. The van der Waals surface area contributed by atoms with Gasteiger partial charge in [-0.1, -0.05) is 13.8 Å². The predicted octanol–water partition coefficient (Wildman–Crippen LogP) is 0.647. The average Bonchev–Trinajstić information content (AvgIpc) is 2.38. The fourth-order valence-corrected chi connectivity index (χ4v) is 1.69. The van der Waals surface area contributed by atoms with Crippen LogP contribution in [0.5, 0.6) is 0 Å². The smallest absolute Gasteiger partial charge is 0.271 e. The fraction of sp³-hybridized carbons (Fsp3) is 0.615. The molecule has 1 aromatic rings. The molecule has 1 amide bonds. The molecule has 0 saturated heterocycles. The highest BCUT2D eigenvalue weighted by Crippen LogP contribution is 2.17. The van der Waals surface area contributed by atoms with Crippen molar-refractivity contribution in [2.75, 3.05) is 31.6 Å². The topological polar surface area (TPSA) is 84.1 Å². The zero-order chi connectivity index (χ0) is 14.5. The number of hydrogen-bond acceptors (Lipinski definition) is 5. The standard InChI is InChI=1S/C13H23N5O/c1-5-15-12(19)10-6-7-11(17-16-10)18(4)9-13(2,3)8-14/h6-7H,5,8-9,14H2,1-4H3,(H,15,19). The van der Waals surface area contributed by atoms with Crippen LogP contribution in [0.3, 0.4) is 0 Å². The Kier molecular flexibility index (Phi) is 5.23. The molecule has 0 aliphatic rings. The summed E-state index contributed by atoms with van der Waals surface area (Å²) in [7, 11) is 1.94. The van der Waals surface area contributed by atoms with Crippen LogP contribution in [0.25, 0.3) is 0 Å². The Bertz CT molecular complexity index is 416. The largest absolute Gasteiger partial charge is 0.358 e. The molecule has 0 fully saturated rings. The van der Waals surface area contributed by atoms with Gasteiger partial charge in [0, 0.05) is 20.1 Å². The second kappa shape index (κ2) is 6.47. The first kappa shape index (κ1) is 15.4. The number of amides is 1. The van der Waals surface area contributed by atoms with Gasteiger partial charge >= 0.3 is 0 Å². The minimum absolute atomic E-state index is 0.00862. The molecule has 1 heterocycles. The van der Waals surface area contributed by atoms with Gasteiger partial charge in [0.25, 0.3) is 5.91 Å². The SMILES string of the molecule is CCNC(=O)c1ccc(N(C)CC(C)(C)CN)nn1. The van der Waals surface area contributed by atoms with E-state index in [0.717, 1.165) is 12.4 Å². The van der Waals surface area contributed by atoms with Gasteiger partial charge in [0.05, 0.1) is 0 Å². The monoisotopic (exact) mass is 265 g/mol. The molecule has 0 unspecified atom stereocenters. The summed E-state index contributed by atoms with van der Waals surface area (Å²) in [6, 6.07) is 3.48. The number of nitrogens with zero attached hydrogens (tertiary/aromatic N) is 3. The third-order valence-corrected chi connectivity index (χ3v) is 2.83. The lowest BCUT2D eigenvalue weighted by molar-refractivity contribution is 0.0950. The summed E-state index contributed by atoms with van der Waals surface area (Å²) < 4.78 is 0. The zero-order valence-corrected chi connectivity index (χ0v) is 12.1. The van der Waals surface area contributed by atoms with E-state index >= 15 is 0 Å². The highest BCUT2D eigenvalue weighted by atomic mass is 16.1. The van der Waals surface area contributed by atoms with E-state index < -0.39 is 0 Å². The van der Waals surface area contributed by atoms with Gasteiger partial charge < -0.3 is 16.0 Å². The number of carbonyl (C=O) groups is 1. The third-order valence-electron chi connectivity index (χ3n) is 2.83. The Hall–Kier alpha value is -1.69. The number of anilines is 1. The van der Waals surface area contributed by atoms with Crippen LogP contribution < -0.4 is 16.0 Å². The van der Waals surface area contributed by atoms with Crippen molar-refractivity contribution < 1.29 is 4.79 Å². The number of carbonyl (C=O) groups excluding carboxylic acids is 1. The molecular weight excluding hydrogens is 242 g/mol. The van der Waals surface area contributed by atoms with E-state index in [1.165, 1.54) is 0 Å². The van der Waals surface area contributed by atoms with E-state index in [1.54, 1.807) is 12.1 Å². The molecule has 19 heavy (non-hydrogen) atoms. The molecule has 6 nitrogen and oxygen atoms in total. The van der Waals surface area contributed by atoms with E-state index in [2.05, 4.69) is 29.4 Å². The molecule has 0 saturated carbocycles. The first-order chi connectivity index (χ1) is 8.89. The van der Waals surface area contributed by atoms with Gasteiger partial charge in [-0.2, -0.15) is 0 Å². The zero-order valence-electron chi connectivity index (χ0n) is 12.1. The third kappa shape index (κ3) is 4.48. The van der Waals surface area contributed by atoms with Crippen molar-refractivity contribution in [2.24, 2.45) is 11.1 Å². The molecule has 0 spiro atoms. The Morgan fingerprint density at radius 2 is 2.11 bits per heavy atom. The van der Waals surface area contributed by atoms with Crippen LogP contribution in [0.15, 0.2) is 12.1 Å². The van der Waals surface area contributed by atoms with Gasteiger partial charge in [0.2, 0.25) is 0 Å². The minimum Gasteiger partial charge on any atom is -0.358 e. The number of nitrogens with two attached hydrogens (primary N) is 1. The van der Waals surface area contributed by atoms with Crippen molar-refractivity contribution in [2.45, 2.75) is 20.8 Å². The number of rotatable bonds is 6. The Morgan fingerprint density at radius 1 is 1.42 bits per heavy atom. The van der Waals surface area contributed by atoms with Crippen molar-refractivity contribution >= 4 is 11.7 Å². The second-order valence-electron chi connectivity index (χ2n) is 5.36. The lowest BCUT2D eigenvalue weighted by Gasteiger charge is -2.29. The van der Waals surface area contributed by atoms with Gasteiger partial charge in [-0.25, -0.2) is 0 Å². The Morgan fingerprint density at radius 3 is 2.58 bits per heavy atom. The molecule has 0 atom stereocenters. The first-order valence-electron chi connectivity index (χ1n) is 6.43. The maximum atomic E-state index is 11.6. The fourth-order valence-electron chi connectivity index (χ4n) is 1.69. The highest BCUT2D eigenvalue weighted by molar-refractivity contribution is 5.92. The van der Waals surface area contributed by atoms with Crippen molar-refractivity contribution in [3.8, 4) is 0 Å². The van der Waals surface area contributed by atoms with Crippen LogP contribution in [-0.4, -0.2) is 42.8 Å². The van der Waals surface area contributed by atoms with Gasteiger partial charge in [-0.05, 0) is 31.0 Å². The maximum Gasteiger partial charge on any atom is 0.271 e. The van der Waals surface area contributed by atoms with E-state index in [9.17, 15) is 4.79 Å². The van der Waals surface area contributed by atoms with Gasteiger partial charge in [0.15, 0.2) is 11.5 Å². The van der Waals surface area contributed by atoms with Gasteiger partial charge in [-0.15, -0.1) is 10.2 Å². The second-order valence-corrected chi connectivity index (χ2v) is 5.36. The Labute approximate surface area is 114 Å². The molecule has 0 radical (unpaired) electrons. The molecule has 6 heteroatoms. The maximum absolute atomic E-state index is 11.6. The lowest BCUT2D eigenvalue weighted by Crippen LogP contribution is -2.37. The molecule has 1 rings (SSSR count). The van der Waals surface area contributed by atoms with Crippen molar-refractivity contribution in [3.63, 3.8) is 0 Å². The van der Waals surface area contributed by atoms with Crippen LogP contribution in [0.1, 0.15) is 31.3 Å². The molecular formula is C13H23N5O. The average molecular weight is 265 g/mol. The van der Waals surface area contributed by atoms with Crippen LogP contribution in [0, 0.1) is 5.41 Å². The highest BCUT2D eigenvalue weighted by Gasteiger charge is 2.19. The molecule has 0 bridgehead atoms. The van der Waals surface area contributed by atoms with Crippen molar-refractivity contribution in [1.82, 2.24) is 15.5 Å². The predicted molar refractivity (Wildman–Crippen MR) is 76.1 cm³/mol. The summed E-state index contributed by atoms with van der Waals surface area (Å²) in [5.74, 6) is 0.529. The van der Waals surface area contributed by atoms with Crippen LogP contribution in [-0.2, 0) is 0 Å². The van der Waals surface area contributed by atoms with E-state index in [-0.39, 0.29) is 11.3 Å². The van der Waals surface area contributed by atoms with E-state index in [0.29, 0.717) is 18.8 Å². The quantitative estimate of drug-likeness (QED) is 0.789. The van der Waals surface area contributed by atoms with Crippen molar-refractivity contribution in [3.05, 3.63) is 17.8 Å². The van der Waals surface area contributed by atoms with Crippen molar-refractivity contribution in [1.29, 1.82) is 0 Å². The van der Waals surface area contributed by atoms with Gasteiger partial charge in [-0.3, -0.25) is 4.79 Å². The number of hydrogen-bond donors (Lipinski definition) is 2. The molecule has 0 aromatic carbocycles. The van der Waals surface area contributed by atoms with E-state index in [1.807, 2.05) is 18.9 Å². The molecule has 106 valence electrons. The lowest BCUT2D eigenvalue weighted by atomic mass is 9.93. The summed E-state index contributed by atoms with van der Waals surface area (Å²) in [5, 5.41) is 10.7. The molecule has 0 aliphatic heterocycles. The summed E-state index contributed by atoms with van der Waals surface area (Å²) >= 11 is 0. The normalized spacial score (nSPS) is 11.2. The molecule has 3 N–H and O–H groups in total. The Balaban J connectivity index is 2.73. The minimum atomic E-state index is -0.202. The summed E-state index contributed by atoms with van der Waals surface area (Å²) in [6.07, 6.45) is 0. The number of aromatic nitrogens is 2. The number of nitrogens with one attached hydrogen (secondary N) is 1. The summed E-state index contributed by atoms with van der Waals surface area (Å²) in [5.41, 5.74) is 6.05. The van der Waals surface area contributed by atoms with Crippen LogP contribution in [0.4, 0.5) is 5.82 Å². The van der Waals surface area contributed by atoms with Crippen LogP contribution >= 0.6 is 0 Å². The first-order valence-corrected chi connectivity index (χ1v) is 6.43. The molecule has 1 aromatic heterocycles. The van der Waals surface area contributed by atoms with Gasteiger partial charge in [0.1, 0.15) is 0 Å². The van der Waals surface area contributed by atoms with Crippen LogP contribution in [0.2, 0.25) is 0 Å². The summed E-state index contributed by atoms with van der Waals surface area (Å²) in [4.78, 5) is 13.5. The van der Waals surface area contributed by atoms with E-state index in [4.69, 9.17) is 5.73 Å². The molecule has 0 aliphatic carbocycles.